The van der Waals surface area contributed by atoms with Crippen molar-refractivity contribution >= 4 is 23.2 Å². The lowest BCUT2D eigenvalue weighted by Gasteiger charge is -2.18. The highest BCUT2D eigenvalue weighted by atomic mass is 16.5. The summed E-state index contributed by atoms with van der Waals surface area (Å²) in [5.41, 5.74) is 11.4. The van der Waals surface area contributed by atoms with Crippen LogP contribution < -0.4 is 16.4 Å². The first-order valence-electron chi connectivity index (χ1n) is 14.5. The minimum absolute atomic E-state index is 0.0508. The molecule has 0 radical (unpaired) electrons. The largest absolute Gasteiger partial charge is 0.376 e. The Labute approximate surface area is 251 Å². The molecule has 4 N–H and O–H groups in total. The van der Waals surface area contributed by atoms with Crippen LogP contribution in [0.2, 0.25) is 0 Å². The summed E-state index contributed by atoms with van der Waals surface area (Å²) in [4.78, 5) is 25.6. The summed E-state index contributed by atoms with van der Waals surface area (Å²) in [6.07, 6.45) is 7.57. The van der Waals surface area contributed by atoms with Crippen molar-refractivity contribution in [1.29, 1.82) is 0 Å². The molecule has 2 heterocycles. The fourth-order valence-electron chi connectivity index (χ4n) is 3.57. The van der Waals surface area contributed by atoms with Gasteiger partial charge in [-0.25, -0.2) is 9.97 Å². The van der Waals surface area contributed by atoms with Crippen molar-refractivity contribution in [3.8, 4) is 11.3 Å². The standard InChI is InChI=1S/C24H22N6O.C8H18O.C2H6/c1-16-4-9-20(28-23(31)18-7-5-17(14-25)6-8-18)13-22(16)30-24-27-12-10-21(29-24)19-3-2-11-26-15-19;1-5-6-7-9-8(2,3)4;1-2/h2-13,15H,14,25H2,1H3,(H,28,31)(H,27,29,30);5-7H2,1-4H3;1-2H3. The molecular formula is C34H46N6O2. The van der Waals surface area contributed by atoms with Gasteiger partial charge in [0.1, 0.15) is 0 Å². The van der Waals surface area contributed by atoms with Gasteiger partial charge in [0.2, 0.25) is 5.95 Å². The highest BCUT2D eigenvalue weighted by molar-refractivity contribution is 6.04. The lowest BCUT2D eigenvalue weighted by Crippen LogP contribution is -2.19. The highest BCUT2D eigenvalue weighted by Gasteiger charge is 2.10. The number of carbonyl (C=O) groups excluding carboxylic acids is 1. The molecule has 0 aliphatic rings. The molecule has 0 saturated heterocycles. The Balaban J connectivity index is 0.000000481. The number of hydrogen-bond donors (Lipinski definition) is 3. The Morgan fingerprint density at radius 3 is 2.36 bits per heavy atom. The second-order valence-electron chi connectivity index (χ2n) is 10.3. The predicted octanol–water partition coefficient (Wildman–Crippen LogP) is 7.93. The first-order valence-corrected chi connectivity index (χ1v) is 14.5. The Morgan fingerprint density at radius 2 is 1.74 bits per heavy atom. The van der Waals surface area contributed by atoms with E-state index in [1.54, 1.807) is 30.7 Å². The van der Waals surface area contributed by atoms with Crippen LogP contribution in [0.4, 0.5) is 17.3 Å². The summed E-state index contributed by atoms with van der Waals surface area (Å²) in [6, 6.07) is 18.5. The van der Waals surface area contributed by atoms with Gasteiger partial charge < -0.3 is 21.1 Å². The number of nitrogens with zero attached hydrogens (tertiary/aromatic N) is 3. The van der Waals surface area contributed by atoms with Crippen LogP contribution in [0.15, 0.2) is 79.3 Å². The van der Waals surface area contributed by atoms with Gasteiger partial charge in [0.25, 0.3) is 5.91 Å². The van der Waals surface area contributed by atoms with E-state index in [0.717, 1.165) is 34.7 Å². The third-order valence-corrected chi connectivity index (χ3v) is 5.84. The molecule has 4 aromatic rings. The normalized spacial score (nSPS) is 10.5. The third kappa shape index (κ3) is 11.8. The van der Waals surface area contributed by atoms with Gasteiger partial charge in [0.05, 0.1) is 11.3 Å². The van der Waals surface area contributed by atoms with Crippen molar-refractivity contribution in [2.45, 2.75) is 73.5 Å². The molecule has 0 aliphatic carbocycles. The molecule has 0 fully saturated rings. The Bertz CT molecular complexity index is 1350. The Hall–Kier alpha value is -4.14. The van der Waals surface area contributed by atoms with Crippen molar-refractivity contribution in [2.75, 3.05) is 17.2 Å². The Morgan fingerprint density at radius 1 is 1.00 bits per heavy atom. The van der Waals surface area contributed by atoms with Gasteiger partial charge in [-0.2, -0.15) is 0 Å². The minimum atomic E-state index is -0.187. The smallest absolute Gasteiger partial charge is 0.255 e. The average Bonchev–Trinajstić information content (AvgIpc) is 3.00. The maximum Gasteiger partial charge on any atom is 0.255 e. The van der Waals surface area contributed by atoms with Crippen LogP contribution in [0.25, 0.3) is 11.3 Å². The molecule has 8 nitrogen and oxygen atoms in total. The molecule has 0 aliphatic heterocycles. The maximum absolute atomic E-state index is 12.6. The lowest BCUT2D eigenvalue weighted by molar-refractivity contribution is -0.00415. The van der Waals surface area contributed by atoms with E-state index in [1.807, 2.05) is 69.3 Å². The third-order valence-electron chi connectivity index (χ3n) is 5.84. The molecule has 8 heteroatoms. The van der Waals surface area contributed by atoms with E-state index in [9.17, 15) is 4.79 Å². The summed E-state index contributed by atoms with van der Waals surface area (Å²) in [5, 5.41) is 6.17. The first-order chi connectivity index (χ1) is 20.2. The summed E-state index contributed by atoms with van der Waals surface area (Å²) in [7, 11) is 0. The number of nitrogens with one attached hydrogen (secondary N) is 2. The highest BCUT2D eigenvalue weighted by Crippen LogP contribution is 2.24. The van der Waals surface area contributed by atoms with Gasteiger partial charge in [-0.3, -0.25) is 9.78 Å². The van der Waals surface area contributed by atoms with Crippen LogP contribution in [0.5, 0.6) is 0 Å². The molecular weight excluding hydrogens is 524 g/mol. The SMILES string of the molecule is CC.CCCCOC(C)(C)C.Cc1ccc(NC(=O)c2ccc(CN)cc2)cc1Nc1nccc(-c2cccnc2)n1. The summed E-state index contributed by atoms with van der Waals surface area (Å²) in [5.74, 6) is 0.276. The van der Waals surface area contributed by atoms with Gasteiger partial charge in [0, 0.05) is 54.2 Å². The second kappa shape index (κ2) is 17.6. The number of hydrogen-bond acceptors (Lipinski definition) is 7. The van der Waals surface area contributed by atoms with Crippen LogP contribution >= 0.6 is 0 Å². The monoisotopic (exact) mass is 570 g/mol. The molecule has 0 spiro atoms. The zero-order valence-electron chi connectivity index (χ0n) is 26.1. The molecule has 0 saturated carbocycles. The van der Waals surface area contributed by atoms with Crippen LogP contribution in [0, 0.1) is 6.92 Å². The van der Waals surface area contributed by atoms with Crippen molar-refractivity contribution in [1.82, 2.24) is 15.0 Å². The van der Waals surface area contributed by atoms with E-state index in [1.165, 1.54) is 12.8 Å². The van der Waals surface area contributed by atoms with E-state index < -0.39 is 0 Å². The quantitative estimate of drug-likeness (QED) is 0.175. The van der Waals surface area contributed by atoms with Crippen molar-refractivity contribution in [3.63, 3.8) is 0 Å². The van der Waals surface area contributed by atoms with E-state index >= 15 is 0 Å². The number of carbonyl (C=O) groups is 1. The van der Waals surface area contributed by atoms with Crippen LogP contribution in [-0.4, -0.2) is 33.1 Å². The number of amides is 1. The number of unbranched alkanes of at least 4 members (excludes halogenated alkanes) is 1. The fraction of sp³-hybridized carbons (Fsp3) is 0.353. The molecule has 0 unspecified atom stereocenters. The average molecular weight is 571 g/mol. The maximum atomic E-state index is 12.6. The summed E-state index contributed by atoms with van der Waals surface area (Å²) < 4.78 is 5.47. The van der Waals surface area contributed by atoms with E-state index in [0.29, 0.717) is 23.7 Å². The summed E-state index contributed by atoms with van der Waals surface area (Å²) in [6.45, 7) is 15.8. The van der Waals surface area contributed by atoms with Crippen molar-refractivity contribution < 1.29 is 9.53 Å². The molecule has 2 aromatic heterocycles. The molecule has 224 valence electrons. The van der Waals surface area contributed by atoms with Gasteiger partial charge >= 0.3 is 0 Å². The molecule has 0 atom stereocenters. The zero-order valence-corrected chi connectivity index (χ0v) is 26.1. The lowest BCUT2D eigenvalue weighted by atomic mass is 10.1. The van der Waals surface area contributed by atoms with Crippen LogP contribution in [-0.2, 0) is 11.3 Å². The van der Waals surface area contributed by atoms with Gasteiger partial charge in [-0.1, -0.05) is 45.4 Å². The van der Waals surface area contributed by atoms with Gasteiger partial charge in [0.15, 0.2) is 0 Å². The van der Waals surface area contributed by atoms with Crippen LogP contribution in [0.3, 0.4) is 0 Å². The molecule has 42 heavy (non-hydrogen) atoms. The number of benzene rings is 2. The second-order valence-corrected chi connectivity index (χ2v) is 10.3. The van der Waals surface area contributed by atoms with Gasteiger partial charge in [-0.05, 0) is 87.7 Å². The molecule has 2 aromatic carbocycles. The summed E-state index contributed by atoms with van der Waals surface area (Å²) >= 11 is 0. The number of nitrogens with two attached hydrogens (primary N) is 1. The number of aryl methyl sites for hydroxylation is 1. The van der Waals surface area contributed by atoms with Crippen LogP contribution in [0.1, 0.15) is 75.9 Å². The number of anilines is 3. The van der Waals surface area contributed by atoms with E-state index in [2.05, 4.69) is 53.3 Å². The molecule has 4 rings (SSSR count). The first kappa shape index (κ1) is 34.1. The number of aromatic nitrogens is 3. The fourth-order valence-corrected chi connectivity index (χ4v) is 3.57. The Kier molecular flexibility index (Phi) is 14.3. The van der Waals surface area contributed by atoms with Crippen molar-refractivity contribution in [2.24, 2.45) is 5.73 Å². The van der Waals surface area contributed by atoms with E-state index in [4.69, 9.17) is 10.5 Å². The van der Waals surface area contributed by atoms with E-state index in [-0.39, 0.29) is 11.5 Å². The molecule has 1 amide bonds. The van der Waals surface area contributed by atoms with Crippen molar-refractivity contribution in [3.05, 3.63) is 95.9 Å². The number of ether oxygens (including phenoxy) is 1. The number of rotatable bonds is 9. The topological polar surface area (TPSA) is 115 Å². The minimum Gasteiger partial charge on any atom is -0.376 e. The van der Waals surface area contributed by atoms with Gasteiger partial charge in [-0.15, -0.1) is 0 Å². The number of pyridine rings is 1. The zero-order chi connectivity index (χ0) is 31.0. The predicted molar refractivity (Wildman–Crippen MR) is 174 cm³/mol. The molecule has 0 bridgehead atoms.